The highest BCUT2D eigenvalue weighted by molar-refractivity contribution is 5.74. The number of rotatable bonds is 2. The number of hydrogen-bond acceptors (Lipinski definition) is 5. The Morgan fingerprint density at radius 3 is 3.00 bits per heavy atom. The van der Waals surface area contributed by atoms with Gasteiger partial charge in [-0.05, 0) is 17.7 Å². The average Bonchev–Trinajstić information content (AvgIpc) is 2.59. The van der Waals surface area contributed by atoms with Crippen LogP contribution in [-0.4, -0.2) is 9.91 Å². The summed E-state index contributed by atoms with van der Waals surface area (Å²) in [6, 6.07) is 4.55. The van der Waals surface area contributed by atoms with Crippen molar-refractivity contribution in [2.75, 3.05) is 0 Å². The molecular weight excluding hydrogens is 186 g/mol. The third kappa shape index (κ3) is 1.31. The third-order valence-corrected chi connectivity index (χ3v) is 1.83. The lowest BCUT2D eigenvalue weighted by atomic mass is 10.2. The van der Waals surface area contributed by atoms with Gasteiger partial charge in [-0.15, -0.1) is 0 Å². The highest BCUT2D eigenvalue weighted by Crippen LogP contribution is 2.20. The van der Waals surface area contributed by atoms with Crippen LogP contribution in [0.2, 0.25) is 0 Å². The molecule has 0 aliphatic heterocycles. The second-order valence-electron chi connectivity index (χ2n) is 2.76. The second kappa shape index (κ2) is 3.08. The van der Waals surface area contributed by atoms with Gasteiger partial charge in [-0.25, -0.2) is 0 Å². The lowest BCUT2D eigenvalue weighted by Crippen LogP contribution is -1.95. The molecule has 0 aliphatic rings. The maximum atomic E-state index is 10.3. The van der Waals surface area contributed by atoms with Crippen molar-refractivity contribution in [3.63, 3.8) is 0 Å². The Kier molecular flexibility index (Phi) is 1.90. The zero-order valence-corrected chi connectivity index (χ0v) is 7.14. The summed E-state index contributed by atoms with van der Waals surface area (Å²) in [6.07, 6.45) is 0. The van der Waals surface area contributed by atoms with Gasteiger partial charge in [0, 0.05) is 16.5 Å². The number of benzene rings is 1. The molecule has 0 amide bonds. The predicted molar refractivity (Wildman–Crippen MR) is 48.6 cm³/mol. The van der Waals surface area contributed by atoms with Crippen LogP contribution in [-0.2, 0) is 6.54 Å². The van der Waals surface area contributed by atoms with Crippen molar-refractivity contribution in [2.24, 2.45) is 5.73 Å². The average molecular weight is 193 g/mol. The van der Waals surface area contributed by atoms with E-state index in [1.54, 1.807) is 18.2 Å². The molecule has 0 unspecified atom stereocenters. The van der Waals surface area contributed by atoms with Crippen LogP contribution in [0.25, 0.3) is 11.1 Å². The van der Waals surface area contributed by atoms with Gasteiger partial charge < -0.3 is 20.3 Å². The van der Waals surface area contributed by atoms with Crippen molar-refractivity contribution in [1.82, 2.24) is 4.98 Å². The Morgan fingerprint density at radius 2 is 2.36 bits per heavy atom. The van der Waals surface area contributed by atoms with Gasteiger partial charge in [0.15, 0.2) is 5.58 Å². The zero-order chi connectivity index (χ0) is 10.1. The van der Waals surface area contributed by atoms with Crippen molar-refractivity contribution in [3.05, 3.63) is 33.9 Å². The van der Waals surface area contributed by atoms with Crippen LogP contribution < -0.4 is 5.73 Å². The van der Waals surface area contributed by atoms with Crippen LogP contribution in [0.5, 0.6) is 0 Å². The Morgan fingerprint density at radius 1 is 1.57 bits per heavy atom. The molecule has 72 valence electrons. The molecule has 2 aromatic rings. The van der Waals surface area contributed by atoms with Crippen LogP contribution in [0.1, 0.15) is 5.56 Å². The van der Waals surface area contributed by atoms with E-state index in [2.05, 4.69) is 4.98 Å². The number of nitrogens with zero attached hydrogens (tertiary/aromatic N) is 2. The lowest BCUT2D eigenvalue weighted by molar-refractivity contribution is -0.406. The van der Waals surface area contributed by atoms with Crippen molar-refractivity contribution >= 4 is 17.1 Å². The van der Waals surface area contributed by atoms with Crippen LogP contribution in [0.4, 0.5) is 6.01 Å². The van der Waals surface area contributed by atoms with E-state index in [0.717, 1.165) is 5.56 Å². The predicted octanol–water partition coefficient (Wildman–Crippen LogP) is 1.19. The van der Waals surface area contributed by atoms with Gasteiger partial charge in [0.2, 0.25) is 5.52 Å². The summed E-state index contributed by atoms with van der Waals surface area (Å²) in [5, 5.41) is 10.3. The maximum Gasteiger partial charge on any atom is 0.546 e. The molecule has 14 heavy (non-hydrogen) atoms. The molecule has 0 radical (unpaired) electrons. The summed E-state index contributed by atoms with van der Waals surface area (Å²) in [7, 11) is 0. The van der Waals surface area contributed by atoms with Crippen molar-refractivity contribution in [1.29, 1.82) is 0 Å². The molecule has 0 saturated carbocycles. The van der Waals surface area contributed by atoms with Crippen molar-refractivity contribution < 1.29 is 9.34 Å². The Bertz CT molecular complexity index is 492. The summed E-state index contributed by atoms with van der Waals surface area (Å²) in [5.41, 5.74) is 7.13. The standard InChI is InChI=1S/C8H7N3O3/c9-4-5-1-2-7-6(3-5)10-8(14-7)11(12)13/h1-3H,4,9H2. The quantitative estimate of drug-likeness (QED) is 0.571. The lowest BCUT2D eigenvalue weighted by Gasteiger charge is -1.90. The first kappa shape index (κ1) is 8.64. The van der Waals surface area contributed by atoms with Gasteiger partial charge in [-0.3, -0.25) is 0 Å². The summed E-state index contributed by atoms with van der Waals surface area (Å²) >= 11 is 0. The van der Waals surface area contributed by atoms with Crippen LogP contribution in [0.3, 0.4) is 0 Å². The molecule has 1 aromatic carbocycles. The number of aromatic nitrogens is 1. The first-order chi connectivity index (χ1) is 6.70. The number of fused-ring (bicyclic) bond motifs is 1. The largest absolute Gasteiger partial charge is 0.546 e. The van der Waals surface area contributed by atoms with Crippen molar-refractivity contribution in [2.45, 2.75) is 6.54 Å². The first-order valence-electron chi connectivity index (χ1n) is 3.94. The van der Waals surface area contributed by atoms with E-state index in [9.17, 15) is 10.1 Å². The summed E-state index contributed by atoms with van der Waals surface area (Å²) in [5.74, 6) is 0. The summed E-state index contributed by atoms with van der Waals surface area (Å²) in [4.78, 5) is 13.4. The normalized spacial score (nSPS) is 10.6. The van der Waals surface area contributed by atoms with E-state index in [4.69, 9.17) is 10.2 Å². The summed E-state index contributed by atoms with van der Waals surface area (Å²) in [6.45, 7) is 0.372. The first-order valence-corrected chi connectivity index (χ1v) is 3.94. The maximum absolute atomic E-state index is 10.3. The van der Waals surface area contributed by atoms with E-state index >= 15 is 0 Å². The second-order valence-corrected chi connectivity index (χ2v) is 2.76. The number of nitro groups is 1. The minimum absolute atomic E-state index is 0.372. The monoisotopic (exact) mass is 193 g/mol. The van der Waals surface area contributed by atoms with E-state index in [-0.39, 0.29) is 0 Å². The van der Waals surface area contributed by atoms with Gasteiger partial charge in [-0.2, -0.15) is 0 Å². The molecular formula is C8H7N3O3. The van der Waals surface area contributed by atoms with Crippen LogP contribution in [0, 0.1) is 10.1 Å². The van der Waals surface area contributed by atoms with Gasteiger partial charge in [-0.1, -0.05) is 6.07 Å². The van der Waals surface area contributed by atoms with Crippen LogP contribution in [0.15, 0.2) is 22.6 Å². The van der Waals surface area contributed by atoms with Crippen molar-refractivity contribution in [3.8, 4) is 0 Å². The fraction of sp³-hybridized carbons (Fsp3) is 0.125. The van der Waals surface area contributed by atoms with Gasteiger partial charge in [0.1, 0.15) is 0 Å². The number of hydrogen-bond donors (Lipinski definition) is 1. The molecule has 0 aliphatic carbocycles. The van der Waals surface area contributed by atoms with E-state index in [1.165, 1.54) is 0 Å². The molecule has 1 heterocycles. The molecule has 0 bridgehead atoms. The Balaban J connectivity index is 2.60. The molecule has 6 nitrogen and oxygen atoms in total. The minimum atomic E-state index is -0.665. The fourth-order valence-corrected chi connectivity index (χ4v) is 1.17. The van der Waals surface area contributed by atoms with Gasteiger partial charge >= 0.3 is 6.01 Å². The van der Waals surface area contributed by atoms with E-state index in [0.29, 0.717) is 17.6 Å². The van der Waals surface area contributed by atoms with E-state index < -0.39 is 10.9 Å². The molecule has 0 saturated heterocycles. The van der Waals surface area contributed by atoms with Crippen LogP contribution >= 0.6 is 0 Å². The molecule has 6 heteroatoms. The topological polar surface area (TPSA) is 95.2 Å². The smallest absolute Gasteiger partial charge is 0.381 e. The molecule has 0 atom stereocenters. The Labute approximate surface area is 78.5 Å². The highest BCUT2D eigenvalue weighted by atomic mass is 16.7. The molecule has 0 fully saturated rings. The summed E-state index contributed by atoms with van der Waals surface area (Å²) < 4.78 is 4.88. The highest BCUT2D eigenvalue weighted by Gasteiger charge is 2.17. The minimum Gasteiger partial charge on any atom is -0.381 e. The van der Waals surface area contributed by atoms with Gasteiger partial charge in [0.25, 0.3) is 0 Å². The third-order valence-electron chi connectivity index (χ3n) is 1.83. The SMILES string of the molecule is NCc1ccc2oc([N+](=O)[O-])nc2c1. The molecule has 0 spiro atoms. The molecule has 2 rings (SSSR count). The van der Waals surface area contributed by atoms with E-state index in [1.807, 2.05) is 0 Å². The number of oxazole rings is 1. The molecule has 1 aromatic heterocycles. The van der Waals surface area contributed by atoms with Gasteiger partial charge in [0.05, 0.1) is 0 Å². The molecule has 2 N–H and O–H groups in total. The fourth-order valence-electron chi connectivity index (χ4n) is 1.17. The number of nitrogens with two attached hydrogens (primary N) is 1. The Hall–Kier alpha value is -1.95. The zero-order valence-electron chi connectivity index (χ0n) is 7.14.